The van der Waals surface area contributed by atoms with E-state index in [0.29, 0.717) is 24.5 Å². The number of thiazole rings is 1. The van der Waals surface area contributed by atoms with E-state index in [4.69, 9.17) is 10.5 Å². The van der Waals surface area contributed by atoms with E-state index in [1.807, 2.05) is 11.4 Å². The molecule has 0 bridgehead atoms. The van der Waals surface area contributed by atoms with Gasteiger partial charge in [-0.3, -0.25) is 5.32 Å². The second-order valence-corrected chi connectivity index (χ2v) is 4.91. The molecule has 0 aliphatic heterocycles. The zero-order valence-electron chi connectivity index (χ0n) is 11.1. The first-order valence-corrected chi connectivity index (χ1v) is 7.02. The van der Waals surface area contributed by atoms with E-state index in [1.165, 1.54) is 0 Å². The number of carbonyl (C=O) groups is 1. The molecule has 1 aromatic carbocycles. The largest absolute Gasteiger partial charge is 0.450 e. The van der Waals surface area contributed by atoms with Crippen LogP contribution in [0.4, 0.5) is 21.9 Å². The van der Waals surface area contributed by atoms with Gasteiger partial charge in [0.15, 0.2) is 0 Å². The number of nitrogens with two attached hydrogens (primary N) is 1. The normalized spacial score (nSPS) is 10.1. The number of ether oxygens (including phenoxy) is 1. The van der Waals surface area contributed by atoms with Crippen molar-refractivity contribution >= 4 is 34.5 Å². The maximum Gasteiger partial charge on any atom is 0.411 e. The van der Waals surface area contributed by atoms with Crippen LogP contribution in [0.15, 0.2) is 29.8 Å². The number of anilines is 3. The van der Waals surface area contributed by atoms with Crippen LogP contribution in [0.1, 0.15) is 11.9 Å². The van der Waals surface area contributed by atoms with Crippen LogP contribution in [-0.4, -0.2) is 17.7 Å². The fraction of sp³-hybridized carbons (Fsp3) is 0.231. The quantitative estimate of drug-likeness (QED) is 0.737. The number of hydrogen-bond acceptors (Lipinski definition) is 6. The average Bonchev–Trinajstić information content (AvgIpc) is 2.93. The predicted octanol–water partition coefficient (Wildman–Crippen LogP) is 2.91. The van der Waals surface area contributed by atoms with Crippen LogP contribution in [0.3, 0.4) is 0 Å². The summed E-state index contributed by atoms with van der Waals surface area (Å²) in [4.78, 5) is 15.5. The molecule has 0 atom stereocenters. The van der Waals surface area contributed by atoms with Gasteiger partial charge in [-0.15, -0.1) is 11.3 Å². The lowest BCUT2D eigenvalue weighted by Gasteiger charge is -2.10. The van der Waals surface area contributed by atoms with Crippen LogP contribution in [0.5, 0.6) is 0 Å². The van der Waals surface area contributed by atoms with Gasteiger partial charge in [0.05, 0.1) is 24.5 Å². The molecule has 1 amide bonds. The maximum absolute atomic E-state index is 11.3. The summed E-state index contributed by atoms with van der Waals surface area (Å²) in [5.41, 5.74) is 7.76. The molecule has 0 saturated heterocycles. The molecule has 20 heavy (non-hydrogen) atoms. The molecule has 1 aromatic heterocycles. The van der Waals surface area contributed by atoms with Gasteiger partial charge >= 0.3 is 6.09 Å². The highest BCUT2D eigenvalue weighted by molar-refractivity contribution is 7.09. The van der Waals surface area contributed by atoms with E-state index < -0.39 is 6.09 Å². The van der Waals surface area contributed by atoms with Gasteiger partial charge in [-0.05, 0) is 25.1 Å². The number of rotatable bonds is 5. The third-order valence-corrected chi connectivity index (χ3v) is 3.27. The summed E-state index contributed by atoms with van der Waals surface area (Å²) in [6, 6.07) is 5.33. The van der Waals surface area contributed by atoms with Crippen molar-refractivity contribution < 1.29 is 9.53 Å². The molecule has 0 aliphatic carbocycles. The van der Waals surface area contributed by atoms with Crippen molar-refractivity contribution in [3.63, 3.8) is 0 Å². The number of aromatic nitrogens is 1. The Balaban J connectivity index is 1.96. The van der Waals surface area contributed by atoms with Gasteiger partial charge in [-0.1, -0.05) is 0 Å². The topological polar surface area (TPSA) is 89.3 Å². The highest BCUT2D eigenvalue weighted by Gasteiger charge is 2.06. The fourth-order valence-electron chi connectivity index (χ4n) is 1.58. The van der Waals surface area contributed by atoms with Gasteiger partial charge < -0.3 is 15.8 Å². The average molecular weight is 292 g/mol. The van der Waals surface area contributed by atoms with Crippen molar-refractivity contribution in [3.8, 4) is 0 Å². The number of amides is 1. The van der Waals surface area contributed by atoms with Crippen molar-refractivity contribution in [1.82, 2.24) is 4.98 Å². The fourth-order valence-corrected chi connectivity index (χ4v) is 2.14. The highest BCUT2D eigenvalue weighted by Crippen LogP contribution is 2.23. The second-order valence-electron chi connectivity index (χ2n) is 3.93. The molecule has 4 N–H and O–H groups in total. The lowest BCUT2D eigenvalue weighted by molar-refractivity contribution is 0.168. The molecular weight excluding hydrogens is 276 g/mol. The summed E-state index contributed by atoms with van der Waals surface area (Å²) < 4.78 is 4.80. The highest BCUT2D eigenvalue weighted by atomic mass is 32.1. The Morgan fingerprint density at radius 2 is 2.35 bits per heavy atom. The molecule has 0 radical (unpaired) electrons. The molecule has 2 aromatic rings. The van der Waals surface area contributed by atoms with Crippen molar-refractivity contribution in [1.29, 1.82) is 0 Å². The molecule has 0 unspecified atom stereocenters. The van der Waals surface area contributed by atoms with Gasteiger partial charge in [-0.25, -0.2) is 9.78 Å². The zero-order valence-corrected chi connectivity index (χ0v) is 11.9. The molecule has 2 rings (SSSR count). The van der Waals surface area contributed by atoms with E-state index in [9.17, 15) is 4.79 Å². The third-order valence-electron chi connectivity index (χ3n) is 2.49. The predicted molar refractivity (Wildman–Crippen MR) is 80.9 cm³/mol. The summed E-state index contributed by atoms with van der Waals surface area (Å²) in [5.74, 6) is 0. The van der Waals surface area contributed by atoms with Gasteiger partial charge in [0.25, 0.3) is 0 Å². The van der Waals surface area contributed by atoms with Crippen LogP contribution in [0, 0.1) is 0 Å². The molecule has 6 nitrogen and oxygen atoms in total. The Hall–Kier alpha value is -2.28. The minimum Gasteiger partial charge on any atom is -0.450 e. The number of hydrogen-bond donors (Lipinski definition) is 3. The number of nitrogens with one attached hydrogen (secondary N) is 2. The summed E-state index contributed by atoms with van der Waals surface area (Å²) in [5, 5.41) is 8.73. The van der Waals surface area contributed by atoms with E-state index in [1.54, 1.807) is 36.6 Å². The van der Waals surface area contributed by atoms with E-state index >= 15 is 0 Å². The third kappa shape index (κ3) is 3.86. The Morgan fingerprint density at radius 1 is 1.50 bits per heavy atom. The Kier molecular flexibility index (Phi) is 4.78. The van der Waals surface area contributed by atoms with Crippen LogP contribution in [0.2, 0.25) is 0 Å². The summed E-state index contributed by atoms with van der Waals surface area (Å²) >= 11 is 1.59. The molecule has 0 saturated carbocycles. The summed E-state index contributed by atoms with van der Waals surface area (Å²) in [6.07, 6.45) is 1.25. The van der Waals surface area contributed by atoms with Crippen LogP contribution >= 0.6 is 11.3 Å². The standard InChI is InChI=1S/C13H16N4O2S/c1-2-19-13(18)17-11-4-3-9(7-10(11)14)16-8-12-15-5-6-20-12/h3-7,16H,2,8,14H2,1H3,(H,17,18). The minimum absolute atomic E-state index is 0.319. The second kappa shape index (κ2) is 6.76. The van der Waals surface area contributed by atoms with Crippen LogP contribution in [0.25, 0.3) is 0 Å². The van der Waals surface area contributed by atoms with Gasteiger partial charge in [0.2, 0.25) is 0 Å². The van der Waals surface area contributed by atoms with Crippen LogP contribution in [-0.2, 0) is 11.3 Å². The maximum atomic E-state index is 11.3. The molecule has 7 heteroatoms. The first-order chi connectivity index (χ1) is 9.69. The van der Waals surface area contributed by atoms with E-state index in [-0.39, 0.29) is 0 Å². The Morgan fingerprint density at radius 3 is 3.00 bits per heavy atom. The van der Waals surface area contributed by atoms with Crippen molar-refractivity contribution in [2.24, 2.45) is 0 Å². The molecule has 1 heterocycles. The van der Waals surface area contributed by atoms with E-state index in [2.05, 4.69) is 15.6 Å². The molecule has 0 aliphatic rings. The zero-order chi connectivity index (χ0) is 14.4. The first kappa shape index (κ1) is 14.1. The summed E-state index contributed by atoms with van der Waals surface area (Å²) in [6.45, 7) is 2.70. The molecule has 0 spiro atoms. The molecular formula is C13H16N4O2S. The lowest BCUT2D eigenvalue weighted by atomic mass is 10.2. The first-order valence-electron chi connectivity index (χ1n) is 6.14. The number of carbonyl (C=O) groups excluding carboxylic acids is 1. The van der Waals surface area contributed by atoms with Crippen molar-refractivity contribution in [2.75, 3.05) is 23.0 Å². The van der Waals surface area contributed by atoms with Crippen molar-refractivity contribution in [3.05, 3.63) is 34.8 Å². The van der Waals surface area contributed by atoms with Gasteiger partial charge in [0, 0.05) is 17.3 Å². The molecule has 0 fully saturated rings. The Labute approximate surface area is 121 Å². The SMILES string of the molecule is CCOC(=O)Nc1ccc(NCc2nccs2)cc1N. The smallest absolute Gasteiger partial charge is 0.411 e. The number of nitrogen functional groups attached to an aromatic ring is 1. The van der Waals surface area contributed by atoms with Gasteiger partial charge in [0.1, 0.15) is 5.01 Å². The molecule has 106 valence electrons. The minimum atomic E-state index is -0.511. The van der Waals surface area contributed by atoms with Crippen LogP contribution < -0.4 is 16.4 Å². The van der Waals surface area contributed by atoms with E-state index in [0.717, 1.165) is 10.7 Å². The van der Waals surface area contributed by atoms with Gasteiger partial charge in [-0.2, -0.15) is 0 Å². The Bertz CT molecular complexity index is 572. The van der Waals surface area contributed by atoms with Crippen molar-refractivity contribution in [2.45, 2.75) is 13.5 Å². The number of benzene rings is 1. The summed E-state index contributed by atoms with van der Waals surface area (Å²) in [7, 11) is 0. The number of nitrogens with zero attached hydrogens (tertiary/aromatic N) is 1. The lowest BCUT2D eigenvalue weighted by Crippen LogP contribution is -2.14. The monoisotopic (exact) mass is 292 g/mol.